The Morgan fingerprint density at radius 2 is 2.06 bits per heavy atom. The molecule has 0 aromatic rings. The highest BCUT2D eigenvalue weighted by Gasteiger charge is 2.18. The molecule has 16 heavy (non-hydrogen) atoms. The zero-order valence-electron chi connectivity index (χ0n) is 10.6. The highest BCUT2D eigenvalue weighted by atomic mass is 32.2. The lowest BCUT2D eigenvalue weighted by Crippen LogP contribution is -2.39. The first-order valence-corrected chi connectivity index (χ1v) is 6.62. The summed E-state index contributed by atoms with van der Waals surface area (Å²) in [6.07, 6.45) is 1.26. The molecule has 0 aliphatic rings. The molecule has 0 spiro atoms. The summed E-state index contributed by atoms with van der Waals surface area (Å²) in [5.41, 5.74) is -0.508. The van der Waals surface area contributed by atoms with Crippen LogP contribution in [0.5, 0.6) is 0 Å². The number of ether oxygens (including phenoxy) is 1. The zero-order valence-corrected chi connectivity index (χ0v) is 11.4. The third-order valence-electron chi connectivity index (χ3n) is 1.47. The summed E-state index contributed by atoms with van der Waals surface area (Å²) in [7, 11) is -1.04. The van der Waals surface area contributed by atoms with Gasteiger partial charge in [0.2, 0.25) is 0 Å². The number of nitrogens with one attached hydrogen (secondary N) is 1. The fourth-order valence-corrected chi connectivity index (χ4v) is 1.99. The van der Waals surface area contributed by atoms with E-state index >= 15 is 0 Å². The van der Waals surface area contributed by atoms with Crippen LogP contribution in [0.4, 0.5) is 4.79 Å². The van der Waals surface area contributed by atoms with Crippen molar-refractivity contribution in [1.82, 2.24) is 5.32 Å². The summed E-state index contributed by atoms with van der Waals surface area (Å²) in [6, 6.07) is -0.174. The molecule has 2 atom stereocenters. The molecule has 1 amide bonds. The Bertz CT molecular complexity index is 281. The normalized spacial score (nSPS) is 15.8. The van der Waals surface area contributed by atoms with Crippen molar-refractivity contribution in [3.63, 3.8) is 0 Å². The Labute approximate surface area is 99.9 Å². The summed E-state index contributed by atoms with van der Waals surface area (Å²) in [5.74, 6) is 0.392. The van der Waals surface area contributed by atoms with Crippen molar-refractivity contribution >= 4 is 16.9 Å². The van der Waals surface area contributed by atoms with E-state index in [0.717, 1.165) is 0 Å². The van der Waals surface area contributed by atoms with Gasteiger partial charge in [-0.05, 0) is 40.0 Å². The molecule has 0 fully saturated rings. The van der Waals surface area contributed by atoms with E-state index in [1.165, 1.54) is 0 Å². The monoisotopic (exact) mass is 247 g/mol. The van der Waals surface area contributed by atoms with Crippen molar-refractivity contribution in [3.05, 3.63) is 11.5 Å². The highest BCUT2D eigenvalue weighted by molar-refractivity contribution is 7.88. The molecule has 0 heterocycles. The molecule has 0 bridgehead atoms. The van der Waals surface area contributed by atoms with Crippen LogP contribution in [0, 0.1) is 0 Å². The molecular formula is C11H21NO3S. The van der Waals surface area contributed by atoms with Crippen LogP contribution in [-0.4, -0.2) is 27.7 Å². The van der Waals surface area contributed by atoms with Crippen molar-refractivity contribution in [3.8, 4) is 0 Å². The quantitative estimate of drug-likeness (QED) is 0.828. The van der Waals surface area contributed by atoms with Gasteiger partial charge in [0.15, 0.2) is 0 Å². The van der Waals surface area contributed by atoms with Gasteiger partial charge in [-0.2, -0.15) is 0 Å². The van der Waals surface area contributed by atoms with Gasteiger partial charge in [0, 0.05) is 22.6 Å². The summed E-state index contributed by atoms with van der Waals surface area (Å²) >= 11 is 0. The number of allylic oxidation sites excluding steroid dienone is 1. The van der Waals surface area contributed by atoms with Crippen LogP contribution < -0.4 is 5.32 Å². The molecule has 0 aromatic heterocycles. The minimum absolute atomic E-state index is 0.174. The van der Waals surface area contributed by atoms with Gasteiger partial charge in [0.05, 0.1) is 0 Å². The van der Waals surface area contributed by atoms with Crippen molar-refractivity contribution in [2.45, 2.75) is 46.3 Å². The number of rotatable bonds is 4. The summed E-state index contributed by atoms with van der Waals surface area (Å²) in [6.45, 7) is 9.01. The third kappa shape index (κ3) is 8.47. The minimum Gasteiger partial charge on any atom is -0.444 e. The molecule has 5 heteroatoms. The zero-order chi connectivity index (χ0) is 12.8. The smallest absolute Gasteiger partial charge is 0.407 e. The molecule has 0 rings (SSSR count). The number of amides is 1. The minimum atomic E-state index is -1.04. The van der Waals surface area contributed by atoms with E-state index in [1.807, 2.05) is 6.92 Å². The van der Waals surface area contributed by atoms with E-state index in [0.29, 0.717) is 5.75 Å². The Hall–Kier alpha value is -0.840. The van der Waals surface area contributed by atoms with Gasteiger partial charge in [0.1, 0.15) is 5.60 Å². The van der Waals surface area contributed by atoms with Crippen molar-refractivity contribution in [1.29, 1.82) is 0 Å². The fraction of sp³-hybridized carbons (Fsp3) is 0.727. The largest absolute Gasteiger partial charge is 0.444 e. The predicted molar refractivity (Wildman–Crippen MR) is 66.7 cm³/mol. The first kappa shape index (κ1) is 15.2. The lowest BCUT2D eigenvalue weighted by molar-refractivity contribution is 0.0513. The third-order valence-corrected chi connectivity index (χ3v) is 2.87. The van der Waals surface area contributed by atoms with Crippen LogP contribution in [0.25, 0.3) is 0 Å². The molecule has 0 unspecified atom stereocenters. The van der Waals surface area contributed by atoms with Crippen LogP contribution in [0.3, 0.4) is 0 Å². The molecule has 1 N–H and O–H groups in total. The molecule has 0 aromatic carbocycles. The average molecular weight is 247 g/mol. The molecule has 0 saturated carbocycles. The van der Waals surface area contributed by atoms with Gasteiger partial charge in [-0.25, -0.2) is 4.79 Å². The molecule has 0 aliphatic heterocycles. The first-order chi connectivity index (χ1) is 7.24. The van der Waals surface area contributed by atoms with E-state index in [-0.39, 0.29) is 6.04 Å². The number of carbonyl (C=O) groups excluding carboxylic acids is 1. The van der Waals surface area contributed by atoms with Crippen LogP contribution in [0.1, 0.15) is 34.6 Å². The van der Waals surface area contributed by atoms with Crippen LogP contribution in [0.2, 0.25) is 0 Å². The molecular weight excluding hydrogens is 226 g/mol. The first-order valence-electron chi connectivity index (χ1n) is 5.24. The summed E-state index contributed by atoms with van der Waals surface area (Å²) in [5, 5.41) is 4.24. The molecule has 94 valence electrons. The average Bonchev–Trinajstić information content (AvgIpc) is 1.98. The van der Waals surface area contributed by atoms with Gasteiger partial charge in [0.25, 0.3) is 0 Å². The number of alkyl carbamates (subject to hydrolysis) is 1. The number of hydrogen-bond acceptors (Lipinski definition) is 3. The van der Waals surface area contributed by atoms with Crippen molar-refractivity contribution < 1.29 is 13.7 Å². The Morgan fingerprint density at radius 3 is 2.50 bits per heavy atom. The molecule has 0 radical (unpaired) electrons. The topological polar surface area (TPSA) is 55.4 Å². The molecule has 0 saturated heterocycles. The van der Waals surface area contributed by atoms with E-state index in [2.05, 4.69) is 5.32 Å². The number of hydrogen-bond donors (Lipinski definition) is 1. The van der Waals surface area contributed by atoms with E-state index < -0.39 is 22.5 Å². The Balaban J connectivity index is 4.01. The SMILES string of the molecule is C/C=C/[S@@](=O)C[C@H](C)NC(=O)OC(C)(C)C. The maximum atomic E-state index is 11.4. The predicted octanol–water partition coefficient (Wildman–Crippen LogP) is 2.18. The lowest BCUT2D eigenvalue weighted by atomic mass is 10.2. The van der Waals surface area contributed by atoms with E-state index in [9.17, 15) is 9.00 Å². The maximum absolute atomic E-state index is 11.4. The fourth-order valence-electron chi connectivity index (χ4n) is 1.00. The number of carbonyl (C=O) groups is 1. The second-order valence-corrected chi connectivity index (χ2v) is 5.93. The maximum Gasteiger partial charge on any atom is 0.407 e. The Morgan fingerprint density at radius 1 is 1.50 bits per heavy atom. The summed E-state index contributed by atoms with van der Waals surface area (Å²) in [4.78, 5) is 11.4. The van der Waals surface area contributed by atoms with Crippen LogP contribution >= 0.6 is 0 Å². The Kier molecular flexibility index (Phi) is 6.33. The van der Waals surface area contributed by atoms with Gasteiger partial charge < -0.3 is 10.1 Å². The second kappa shape index (κ2) is 6.68. The van der Waals surface area contributed by atoms with Crippen LogP contribution in [0.15, 0.2) is 11.5 Å². The van der Waals surface area contributed by atoms with E-state index in [1.54, 1.807) is 39.2 Å². The van der Waals surface area contributed by atoms with Crippen LogP contribution in [-0.2, 0) is 15.5 Å². The molecule has 4 nitrogen and oxygen atoms in total. The van der Waals surface area contributed by atoms with E-state index in [4.69, 9.17) is 4.74 Å². The van der Waals surface area contributed by atoms with Gasteiger partial charge in [-0.3, -0.25) is 4.21 Å². The van der Waals surface area contributed by atoms with Crippen molar-refractivity contribution in [2.24, 2.45) is 0 Å². The van der Waals surface area contributed by atoms with Crippen molar-refractivity contribution in [2.75, 3.05) is 5.75 Å². The van der Waals surface area contributed by atoms with Gasteiger partial charge in [-0.15, -0.1) is 0 Å². The summed E-state index contributed by atoms with van der Waals surface area (Å²) < 4.78 is 16.4. The standard InChI is InChI=1S/C11H21NO3S/c1-6-7-16(14)8-9(2)12-10(13)15-11(3,4)5/h6-7,9H,8H2,1-5H3,(H,12,13)/b7-6+/t9-,16+/m0/s1. The highest BCUT2D eigenvalue weighted by Crippen LogP contribution is 2.06. The molecule has 0 aliphatic carbocycles. The lowest BCUT2D eigenvalue weighted by Gasteiger charge is -2.21. The van der Waals surface area contributed by atoms with Gasteiger partial charge in [-0.1, -0.05) is 6.08 Å². The van der Waals surface area contributed by atoms with Gasteiger partial charge >= 0.3 is 6.09 Å². The second-order valence-electron chi connectivity index (χ2n) is 4.56.